The molecule has 1 aromatic heterocycles. The molecule has 0 fully saturated rings. The lowest BCUT2D eigenvalue weighted by molar-refractivity contribution is 0.628. The summed E-state index contributed by atoms with van der Waals surface area (Å²) in [6.45, 7) is 2.01. The van der Waals surface area contributed by atoms with Gasteiger partial charge in [0.15, 0.2) is 5.13 Å². The summed E-state index contributed by atoms with van der Waals surface area (Å²) in [4.78, 5) is 4.50. The van der Waals surface area contributed by atoms with E-state index in [1.165, 1.54) is 29.5 Å². The number of benzene rings is 2. The summed E-state index contributed by atoms with van der Waals surface area (Å²) in [5.41, 5.74) is 2.60. The minimum atomic E-state index is -0.329. The molecule has 2 aromatic carbocycles. The lowest BCUT2D eigenvalue weighted by atomic mass is 10.2. The van der Waals surface area contributed by atoms with E-state index in [0.717, 1.165) is 15.8 Å². The molecule has 0 saturated carbocycles. The quantitative estimate of drug-likeness (QED) is 0.707. The van der Waals surface area contributed by atoms with Crippen molar-refractivity contribution < 1.29 is 4.39 Å². The number of halogens is 2. The first-order valence-electron chi connectivity index (χ1n) is 5.72. The SMILES string of the molecule is Cc1cccc2sc(Nc3cc(F)ccc3Cl)nc12. The number of hydrogen-bond acceptors (Lipinski definition) is 3. The van der Waals surface area contributed by atoms with E-state index in [-0.39, 0.29) is 5.82 Å². The van der Waals surface area contributed by atoms with Gasteiger partial charge in [0.1, 0.15) is 5.82 Å². The second kappa shape index (κ2) is 4.79. The molecule has 1 N–H and O–H groups in total. The lowest BCUT2D eigenvalue weighted by Crippen LogP contribution is -1.91. The molecule has 0 unspecified atom stereocenters. The number of anilines is 2. The third-order valence-corrected chi connectivity index (χ3v) is 4.06. The molecular formula is C14H10ClFN2S. The lowest BCUT2D eigenvalue weighted by Gasteiger charge is -2.04. The molecule has 0 aliphatic rings. The van der Waals surface area contributed by atoms with E-state index >= 15 is 0 Å². The van der Waals surface area contributed by atoms with Gasteiger partial charge in [-0.05, 0) is 36.8 Å². The third kappa shape index (κ3) is 2.41. The van der Waals surface area contributed by atoms with Crippen molar-refractivity contribution in [3.63, 3.8) is 0 Å². The van der Waals surface area contributed by atoms with Gasteiger partial charge in [-0.1, -0.05) is 35.1 Å². The van der Waals surface area contributed by atoms with Gasteiger partial charge in [0.25, 0.3) is 0 Å². The maximum Gasteiger partial charge on any atom is 0.188 e. The third-order valence-electron chi connectivity index (χ3n) is 2.79. The fourth-order valence-corrected chi connectivity index (χ4v) is 2.97. The Morgan fingerprint density at radius 3 is 2.89 bits per heavy atom. The average Bonchev–Trinajstić information content (AvgIpc) is 2.78. The molecule has 0 atom stereocenters. The van der Waals surface area contributed by atoms with E-state index in [1.807, 2.05) is 25.1 Å². The number of para-hydroxylation sites is 1. The van der Waals surface area contributed by atoms with E-state index in [4.69, 9.17) is 11.6 Å². The Kier molecular flexibility index (Phi) is 3.12. The molecule has 0 amide bonds. The van der Waals surface area contributed by atoms with E-state index < -0.39 is 0 Å². The Labute approximate surface area is 118 Å². The van der Waals surface area contributed by atoms with Gasteiger partial charge in [0, 0.05) is 0 Å². The zero-order valence-corrected chi connectivity index (χ0v) is 11.6. The van der Waals surface area contributed by atoms with Crippen LogP contribution in [-0.2, 0) is 0 Å². The van der Waals surface area contributed by atoms with E-state index in [0.29, 0.717) is 15.8 Å². The maximum atomic E-state index is 13.2. The molecule has 5 heteroatoms. The molecule has 0 radical (unpaired) electrons. The maximum absolute atomic E-state index is 13.2. The minimum absolute atomic E-state index is 0.329. The fourth-order valence-electron chi connectivity index (χ4n) is 1.85. The number of aryl methyl sites for hydroxylation is 1. The highest BCUT2D eigenvalue weighted by Crippen LogP contribution is 2.32. The summed E-state index contributed by atoms with van der Waals surface area (Å²) < 4.78 is 14.3. The predicted molar refractivity (Wildman–Crippen MR) is 79.0 cm³/mol. The van der Waals surface area contributed by atoms with Crippen molar-refractivity contribution in [2.24, 2.45) is 0 Å². The monoisotopic (exact) mass is 292 g/mol. The van der Waals surface area contributed by atoms with E-state index in [1.54, 1.807) is 0 Å². The molecule has 96 valence electrons. The molecule has 0 saturated heterocycles. The molecule has 19 heavy (non-hydrogen) atoms. The standard InChI is InChI=1S/C14H10ClFN2S/c1-8-3-2-4-12-13(8)18-14(19-12)17-11-7-9(16)5-6-10(11)15/h2-7H,1H3,(H,17,18). The topological polar surface area (TPSA) is 24.9 Å². The summed E-state index contributed by atoms with van der Waals surface area (Å²) in [7, 11) is 0. The number of hydrogen-bond donors (Lipinski definition) is 1. The Hall–Kier alpha value is -1.65. The van der Waals surface area contributed by atoms with Crippen molar-refractivity contribution in [1.29, 1.82) is 0 Å². The number of fused-ring (bicyclic) bond motifs is 1. The number of nitrogens with zero attached hydrogens (tertiary/aromatic N) is 1. The smallest absolute Gasteiger partial charge is 0.188 e. The van der Waals surface area contributed by atoms with Gasteiger partial charge in [-0.25, -0.2) is 9.37 Å². The van der Waals surface area contributed by atoms with Crippen molar-refractivity contribution >= 4 is 44.0 Å². The van der Waals surface area contributed by atoms with Gasteiger partial charge >= 0.3 is 0 Å². The molecule has 0 bridgehead atoms. The van der Waals surface area contributed by atoms with Crippen LogP contribution >= 0.6 is 22.9 Å². The van der Waals surface area contributed by atoms with E-state index in [9.17, 15) is 4.39 Å². The number of thiazole rings is 1. The molecular weight excluding hydrogens is 283 g/mol. The van der Waals surface area contributed by atoms with Crippen LogP contribution in [0.2, 0.25) is 5.02 Å². The van der Waals surface area contributed by atoms with Gasteiger partial charge in [-0.3, -0.25) is 0 Å². The Morgan fingerprint density at radius 1 is 1.26 bits per heavy atom. The van der Waals surface area contributed by atoms with Crippen LogP contribution in [0.25, 0.3) is 10.2 Å². The summed E-state index contributed by atoms with van der Waals surface area (Å²) >= 11 is 7.54. The van der Waals surface area contributed by atoms with Crippen molar-refractivity contribution in [2.75, 3.05) is 5.32 Å². The van der Waals surface area contributed by atoms with Gasteiger partial charge < -0.3 is 5.32 Å². The van der Waals surface area contributed by atoms with Crippen LogP contribution in [0.4, 0.5) is 15.2 Å². The zero-order chi connectivity index (χ0) is 13.4. The molecule has 0 aliphatic heterocycles. The van der Waals surface area contributed by atoms with Gasteiger partial charge in [-0.15, -0.1) is 0 Å². The number of rotatable bonds is 2. The first-order chi connectivity index (χ1) is 9.13. The van der Waals surface area contributed by atoms with Crippen molar-refractivity contribution in [3.05, 3.63) is 52.8 Å². The summed E-state index contributed by atoms with van der Waals surface area (Å²) in [5.74, 6) is -0.329. The molecule has 0 aliphatic carbocycles. The van der Waals surface area contributed by atoms with Crippen molar-refractivity contribution in [1.82, 2.24) is 4.98 Å². The fraction of sp³-hybridized carbons (Fsp3) is 0.0714. The molecule has 2 nitrogen and oxygen atoms in total. The number of nitrogens with one attached hydrogen (secondary N) is 1. The highest BCUT2D eigenvalue weighted by atomic mass is 35.5. The van der Waals surface area contributed by atoms with Crippen molar-refractivity contribution in [3.8, 4) is 0 Å². The van der Waals surface area contributed by atoms with Crippen LogP contribution in [0.15, 0.2) is 36.4 Å². The first kappa shape index (κ1) is 12.4. The van der Waals surface area contributed by atoms with Crippen LogP contribution in [-0.4, -0.2) is 4.98 Å². The van der Waals surface area contributed by atoms with Gasteiger partial charge in [-0.2, -0.15) is 0 Å². The van der Waals surface area contributed by atoms with E-state index in [2.05, 4.69) is 10.3 Å². The largest absolute Gasteiger partial charge is 0.330 e. The summed E-state index contributed by atoms with van der Waals surface area (Å²) in [6.07, 6.45) is 0. The minimum Gasteiger partial charge on any atom is -0.330 e. The Balaban J connectivity index is 2.01. The predicted octanol–water partition coefficient (Wildman–Crippen LogP) is 5.14. The second-order valence-electron chi connectivity index (χ2n) is 4.19. The Morgan fingerprint density at radius 2 is 2.11 bits per heavy atom. The summed E-state index contributed by atoms with van der Waals surface area (Å²) in [5, 5.41) is 4.24. The molecule has 0 spiro atoms. The van der Waals surface area contributed by atoms with Crippen molar-refractivity contribution in [2.45, 2.75) is 6.92 Å². The highest BCUT2D eigenvalue weighted by Gasteiger charge is 2.08. The molecule has 3 rings (SSSR count). The normalized spacial score (nSPS) is 10.9. The van der Waals surface area contributed by atoms with Crippen LogP contribution in [0.5, 0.6) is 0 Å². The van der Waals surface area contributed by atoms with Crippen LogP contribution in [0.3, 0.4) is 0 Å². The zero-order valence-electron chi connectivity index (χ0n) is 10.1. The second-order valence-corrected chi connectivity index (χ2v) is 5.63. The van der Waals surface area contributed by atoms with Crippen LogP contribution in [0, 0.1) is 12.7 Å². The van der Waals surface area contributed by atoms with Crippen LogP contribution < -0.4 is 5.32 Å². The Bertz CT molecular complexity index is 754. The molecule has 3 aromatic rings. The van der Waals surface area contributed by atoms with Gasteiger partial charge in [0.2, 0.25) is 0 Å². The highest BCUT2D eigenvalue weighted by molar-refractivity contribution is 7.22. The van der Waals surface area contributed by atoms with Gasteiger partial charge in [0.05, 0.1) is 20.9 Å². The number of aromatic nitrogens is 1. The summed E-state index contributed by atoms with van der Waals surface area (Å²) in [6, 6.07) is 10.2. The van der Waals surface area contributed by atoms with Crippen LogP contribution in [0.1, 0.15) is 5.56 Å². The molecule has 1 heterocycles. The first-order valence-corrected chi connectivity index (χ1v) is 6.91. The average molecular weight is 293 g/mol.